The summed E-state index contributed by atoms with van der Waals surface area (Å²) in [6.45, 7) is 5.79. The Bertz CT molecular complexity index is 684. The van der Waals surface area contributed by atoms with Crippen molar-refractivity contribution in [1.29, 1.82) is 0 Å². The summed E-state index contributed by atoms with van der Waals surface area (Å²) < 4.78 is 13.4. The van der Waals surface area contributed by atoms with Crippen molar-refractivity contribution in [3.63, 3.8) is 0 Å². The summed E-state index contributed by atoms with van der Waals surface area (Å²) >= 11 is 0. The van der Waals surface area contributed by atoms with E-state index in [1.807, 2.05) is 19.9 Å². The molecule has 20 heavy (non-hydrogen) atoms. The summed E-state index contributed by atoms with van der Waals surface area (Å²) in [7, 11) is 0. The molecule has 0 aliphatic rings. The highest BCUT2D eigenvalue weighted by Gasteiger charge is 2.08. The molecule has 0 fully saturated rings. The van der Waals surface area contributed by atoms with Gasteiger partial charge in [0.1, 0.15) is 12.1 Å². The second-order valence-electron chi connectivity index (χ2n) is 5.00. The first-order valence-corrected chi connectivity index (χ1v) is 6.52. The van der Waals surface area contributed by atoms with Gasteiger partial charge in [-0.05, 0) is 66.8 Å². The zero-order valence-corrected chi connectivity index (χ0v) is 11.9. The van der Waals surface area contributed by atoms with E-state index in [4.69, 9.17) is 0 Å². The quantitative estimate of drug-likeness (QED) is 0.586. The monoisotopic (exact) mass is 268 g/mol. The van der Waals surface area contributed by atoms with Gasteiger partial charge < -0.3 is 0 Å². The van der Waals surface area contributed by atoms with Gasteiger partial charge in [0.2, 0.25) is 0 Å². The van der Waals surface area contributed by atoms with Crippen LogP contribution in [0.3, 0.4) is 0 Å². The van der Waals surface area contributed by atoms with Crippen molar-refractivity contribution < 1.29 is 9.18 Å². The van der Waals surface area contributed by atoms with E-state index in [-0.39, 0.29) is 5.82 Å². The molecule has 0 bridgehead atoms. The first-order valence-electron chi connectivity index (χ1n) is 6.52. The van der Waals surface area contributed by atoms with Crippen molar-refractivity contribution in [3.8, 4) is 11.1 Å². The van der Waals surface area contributed by atoms with E-state index in [2.05, 4.69) is 12.1 Å². The molecule has 0 N–H and O–H groups in total. The van der Waals surface area contributed by atoms with Crippen LogP contribution < -0.4 is 0 Å². The fourth-order valence-corrected chi connectivity index (χ4v) is 2.39. The van der Waals surface area contributed by atoms with Gasteiger partial charge in [-0.3, -0.25) is 4.79 Å². The lowest BCUT2D eigenvalue weighted by Crippen LogP contribution is -1.92. The highest BCUT2D eigenvalue weighted by molar-refractivity contribution is 5.83. The summed E-state index contributed by atoms with van der Waals surface area (Å²) in [4.78, 5) is 10.6. The zero-order valence-electron chi connectivity index (χ0n) is 11.9. The van der Waals surface area contributed by atoms with Crippen LogP contribution in [-0.4, -0.2) is 6.29 Å². The van der Waals surface area contributed by atoms with Crippen LogP contribution in [0.15, 0.2) is 36.4 Å². The lowest BCUT2D eigenvalue weighted by Gasteiger charge is -2.12. The fourth-order valence-electron chi connectivity index (χ4n) is 2.39. The maximum atomic E-state index is 13.4. The molecule has 0 aliphatic carbocycles. The molecule has 2 aromatic rings. The molecule has 0 atom stereocenters. The third-order valence-electron chi connectivity index (χ3n) is 3.34. The number of rotatable bonds is 3. The van der Waals surface area contributed by atoms with Gasteiger partial charge in [0.05, 0.1) is 0 Å². The van der Waals surface area contributed by atoms with E-state index in [0.29, 0.717) is 5.56 Å². The van der Waals surface area contributed by atoms with E-state index in [0.717, 1.165) is 34.1 Å². The minimum atomic E-state index is -0.205. The molecule has 0 heterocycles. The van der Waals surface area contributed by atoms with Crippen molar-refractivity contribution in [1.82, 2.24) is 0 Å². The Kier molecular flexibility index (Phi) is 4.14. The molecule has 2 aromatic carbocycles. The number of halogens is 1. The van der Waals surface area contributed by atoms with E-state index < -0.39 is 0 Å². The number of hydrogen-bond acceptors (Lipinski definition) is 1. The van der Waals surface area contributed by atoms with Crippen LogP contribution >= 0.6 is 0 Å². The minimum Gasteiger partial charge on any atom is -0.299 e. The molecule has 0 radical (unpaired) electrons. The number of aryl methyl sites for hydroxylation is 3. The summed E-state index contributed by atoms with van der Waals surface area (Å²) in [5.41, 5.74) is 5.83. The van der Waals surface area contributed by atoms with E-state index in [1.165, 1.54) is 12.1 Å². The Morgan fingerprint density at radius 2 is 1.75 bits per heavy atom. The molecule has 0 unspecified atom stereocenters. The SMILES string of the molecule is Cc1cc(C)c(C=CC=O)c(-c2ccc(F)c(C)c2)c1. The Morgan fingerprint density at radius 1 is 1.00 bits per heavy atom. The lowest BCUT2D eigenvalue weighted by atomic mass is 9.92. The maximum absolute atomic E-state index is 13.4. The summed E-state index contributed by atoms with van der Waals surface area (Å²) in [6, 6.07) is 9.22. The molecule has 0 aliphatic heterocycles. The predicted octanol–water partition coefficient (Wildman–Crippen LogP) is 4.63. The van der Waals surface area contributed by atoms with Crippen molar-refractivity contribution >= 4 is 12.4 Å². The zero-order chi connectivity index (χ0) is 14.7. The molecule has 2 rings (SSSR count). The number of hydrogen-bond donors (Lipinski definition) is 0. The lowest BCUT2D eigenvalue weighted by molar-refractivity contribution is -0.104. The Morgan fingerprint density at radius 3 is 2.40 bits per heavy atom. The van der Waals surface area contributed by atoms with Gasteiger partial charge >= 0.3 is 0 Å². The number of aldehydes is 1. The first-order chi connectivity index (χ1) is 9.52. The van der Waals surface area contributed by atoms with Gasteiger partial charge in [-0.25, -0.2) is 4.39 Å². The Hall–Kier alpha value is -2.22. The second kappa shape index (κ2) is 5.83. The molecule has 0 aromatic heterocycles. The third kappa shape index (κ3) is 2.85. The largest absolute Gasteiger partial charge is 0.299 e. The van der Waals surface area contributed by atoms with Crippen LogP contribution in [0.25, 0.3) is 17.2 Å². The third-order valence-corrected chi connectivity index (χ3v) is 3.34. The molecule has 0 spiro atoms. The van der Waals surface area contributed by atoms with Crippen LogP contribution in [0, 0.1) is 26.6 Å². The predicted molar refractivity (Wildman–Crippen MR) is 81.1 cm³/mol. The first kappa shape index (κ1) is 14.2. The summed E-state index contributed by atoms with van der Waals surface area (Å²) in [5.74, 6) is -0.205. The highest BCUT2D eigenvalue weighted by atomic mass is 19.1. The normalized spacial score (nSPS) is 11.0. The Balaban J connectivity index is 2.67. The average molecular weight is 268 g/mol. The van der Waals surface area contributed by atoms with E-state index >= 15 is 0 Å². The summed E-state index contributed by atoms with van der Waals surface area (Å²) in [5, 5.41) is 0. The van der Waals surface area contributed by atoms with Crippen molar-refractivity contribution in [2.24, 2.45) is 0 Å². The average Bonchev–Trinajstić information content (AvgIpc) is 2.40. The van der Waals surface area contributed by atoms with Gasteiger partial charge in [0.25, 0.3) is 0 Å². The smallest absolute Gasteiger partial charge is 0.142 e. The van der Waals surface area contributed by atoms with Gasteiger partial charge in [0.15, 0.2) is 0 Å². The molecular weight excluding hydrogens is 251 g/mol. The molecule has 0 saturated carbocycles. The minimum absolute atomic E-state index is 0.205. The molecule has 102 valence electrons. The van der Waals surface area contributed by atoms with Crippen LogP contribution in [-0.2, 0) is 4.79 Å². The molecule has 0 amide bonds. The summed E-state index contributed by atoms with van der Waals surface area (Å²) in [6.07, 6.45) is 4.05. The molecule has 1 nitrogen and oxygen atoms in total. The van der Waals surface area contributed by atoms with Crippen molar-refractivity contribution in [2.75, 3.05) is 0 Å². The van der Waals surface area contributed by atoms with Crippen molar-refractivity contribution in [2.45, 2.75) is 20.8 Å². The standard InChI is InChI=1S/C18H17FO/c1-12-9-13(2)16(5-4-8-20)17(10-12)15-6-7-18(19)14(3)11-15/h4-11H,1-3H3. The van der Waals surface area contributed by atoms with Crippen LogP contribution in [0.2, 0.25) is 0 Å². The highest BCUT2D eigenvalue weighted by Crippen LogP contribution is 2.30. The van der Waals surface area contributed by atoms with Crippen LogP contribution in [0.1, 0.15) is 22.3 Å². The van der Waals surface area contributed by atoms with Gasteiger partial charge in [-0.1, -0.05) is 29.8 Å². The van der Waals surface area contributed by atoms with Gasteiger partial charge in [0, 0.05) is 0 Å². The number of carbonyl (C=O) groups is 1. The van der Waals surface area contributed by atoms with Crippen LogP contribution in [0.4, 0.5) is 4.39 Å². The van der Waals surface area contributed by atoms with Crippen molar-refractivity contribution in [3.05, 3.63) is 64.5 Å². The van der Waals surface area contributed by atoms with E-state index in [1.54, 1.807) is 19.1 Å². The molecular formula is C18H17FO. The van der Waals surface area contributed by atoms with Gasteiger partial charge in [-0.2, -0.15) is 0 Å². The maximum Gasteiger partial charge on any atom is 0.142 e. The second-order valence-corrected chi connectivity index (χ2v) is 5.00. The number of carbonyl (C=O) groups excluding carboxylic acids is 1. The van der Waals surface area contributed by atoms with Crippen LogP contribution in [0.5, 0.6) is 0 Å². The Labute approximate surface area is 118 Å². The number of allylic oxidation sites excluding steroid dienone is 1. The van der Waals surface area contributed by atoms with Gasteiger partial charge in [-0.15, -0.1) is 0 Å². The number of benzene rings is 2. The molecule has 2 heteroatoms. The topological polar surface area (TPSA) is 17.1 Å². The fraction of sp³-hybridized carbons (Fsp3) is 0.167. The molecule has 0 saturated heterocycles. The van der Waals surface area contributed by atoms with E-state index in [9.17, 15) is 9.18 Å².